The Morgan fingerprint density at radius 2 is 2.31 bits per heavy atom. The Balaban J connectivity index is 2.31. The largest absolute Gasteiger partial charge is 0.330 e. The summed E-state index contributed by atoms with van der Waals surface area (Å²) in [5.74, 6) is -0.327. The number of nitrogens with two attached hydrogens (primary N) is 1. The Labute approximate surface area is 102 Å². The van der Waals surface area contributed by atoms with Crippen LogP contribution in [0.4, 0.5) is 10.1 Å². The van der Waals surface area contributed by atoms with E-state index in [0.717, 1.165) is 0 Å². The summed E-state index contributed by atoms with van der Waals surface area (Å²) in [6, 6.07) is 4.93. The highest BCUT2D eigenvalue weighted by atomic mass is 79.9. The maximum atomic E-state index is 13.8. The van der Waals surface area contributed by atoms with Crippen LogP contribution in [0.15, 0.2) is 22.7 Å². The van der Waals surface area contributed by atoms with Crippen LogP contribution in [-0.2, 0) is 4.79 Å². The van der Waals surface area contributed by atoms with Gasteiger partial charge < -0.3 is 10.6 Å². The Bertz CT molecular complexity index is 424. The maximum absolute atomic E-state index is 13.8. The van der Waals surface area contributed by atoms with E-state index in [2.05, 4.69) is 15.9 Å². The first-order valence-electron chi connectivity index (χ1n) is 5.08. The molecule has 1 heterocycles. The van der Waals surface area contributed by atoms with Crippen LogP contribution in [-0.4, -0.2) is 19.0 Å². The van der Waals surface area contributed by atoms with Gasteiger partial charge in [-0.2, -0.15) is 0 Å². The Morgan fingerprint density at radius 1 is 1.56 bits per heavy atom. The second kappa shape index (κ2) is 4.51. The number of halogens is 2. The lowest BCUT2D eigenvalue weighted by Crippen LogP contribution is -2.26. The standard InChI is InChI=1S/C11H12BrFN2O/c12-8-2-1-3-9(11(8)13)15-6-7(5-14)4-10(15)16/h1-3,7H,4-6,14H2. The minimum absolute atomic E-state index is 0.0625. The molecule has 0 saturated carbocycles. The molecule has 1 aromatic carbocycles. The molecule has 0 radical (unpaired) electrons. The number of carbonyl (C=O) groups excluding carboxylic acids is 1. The molecule has 2 rings (SSSR count). The van der Waals surface area contributed by atoms with E-state index in [-0.39, 0.29) is 11.8 Å². The van der Waals surface area contributed by atoms with Crippen molar-refractivity contribution in [3.8, 4) is 0 Å². The van der Waals surface area contributed by atoms with Gasteiger partial charge in [-0.1, -0.05) is 6.07 Å². The molecule has 0 aromatic heterocycles. The highest BCUT2D eigenvalue weighted by Gasteiger charge is 2.31. The molecular formula is C11H12BrFN2O. The van der Waals surface area contributed by atoms with Crippen LogP contribution in [0.1, 0.15) is 6.42 Å². The van der Waals surface area contributed by atoms with Crippen LogP contribution in [0.3, 0.4) is 0 Å². The fourth-order valence-electron chi connectivity index (χ4n) is 1.87. The van der Waals surface area contributed by atoms with Crippen LogP contribution < -0.4 is 10.6 Å². The van der Waals surface area contributed by atoms with Gasteiger partial charge in [-0.3, -0.25) is 4.79 Å². The average Bonchev–Trinajstić information content (AvgIpc) is 2.64. The summed E-state index contributed by atoms with van der Waals surface area (Å²) < 4.78 is 14.2. The lowest BCUT2D eigenvalue weighted by molar-refractivity contribution is -0.117. The van der Waals surface area contributed by atoms with E-state index in [9.17, 15) is 9.18 Å². The number of benzene rings is 1. The zero-order valence-corrected chi connectivity index (χ0v) is 10.2. The Morgan fingerprint density at radius 3 is 2.94 bits per heavy atom. The number of anilines is 1. The monoisotopic (exact) mass is 286 g/mol. The number of hydrogen-bond donors (Lipinski definition) is 1. The van der Waals surface area contributed by atoms with E-state index in [1.165, 1.54) is 4.90 Å². The summed E-state index contributed by atoms with van der Waals surface area (Å²) in [6.07, 6.45) is 0.405. The molecule has 1 aromatic rings. The fraction of sp³-hybridized carbons (Fsp3) is 0.364. The van der Waals surface area contributed by atoms with Crippen molar-refractivity contribution in [1.29, 1.82) is 0 Å². The zero-order chi connectivity index (χ0) is 11.7. The normalized spacial score (nSPS) is 20.6. The number of rotatable bonds is 2. The van der Waals surface area contributed by atoms with E-state index in [1.54, 1.807) is 18.2 Å². The lowest BCUT2D eigenvalue weighted by Gasteiger charge is -2.17. The van der Waals surface area contributed by atoms with Gasteiger partial charge in [0, 0.05) is 13.0 Å². The smallest absolute Gasteiger partial charge is 0.227 e. The molecular weight excluding hydrogens is 275 g/mol. The predicted molar refractivity (Wildman–Crippen MR) is 63.6 cm³/mol. The SMILES string of the molecule is NCC1CC(=O)N(c2cccc(Br)c2F)C1. The minimum atomic E-state index is -0.395. The van der Waals surface area contributed by atoms with Crippen molar-refractivity contribution in [3.63, 3.8) is 0 Å². The van der Waals surface area contributed by atoms with Crippen LogP contribution in [0.2, 0.25) is 0 Å². The number of carbonyl (C=O) groups is 1. The highest BCUT2D eigenvalue weighted by molar-refractivity contribution is 9.10. The van der Waals surface area contributed by atoms with Crippen molar-refractivity contribution in [1.82, 2.24) is 0 Å². The summed E-state index contributed by atoms with van der Waals surface area (Å²) >= 11 is 3.11. The van der Waals surface area contributed by atoms with E-state index in [0.29, 0.717) is 29.7 Å². The molecule has 1 saturated heterocycles. The van der Waals surface area contributed by atoms with Crippen molar-refractivity contribution in [2.75, 3.05) is 18.0 Å². The second-order valence-electron chi connectivity index (χ2n) is 3.88. The third-order valence-corrected chi connectivity index (χ3v) is 3.37. The first kappa shape index (κ1) is 11.5. The topological polar surface area (TPSA) is 46.3 Å². The maximum Gasteiger partial charge on any atom is 0.227 e. The van der Waals surface area contributed by atoms with E-state index >= 15 is 0 Å². The number of nitrogens with zero attached hydrogens (tertiary/aromatic N) is 1. The van der Waals surface area contributed by atoms with Gasteiger partial charge in [-0.15, -0.1) is 0 Å². The second-order valence-corrected chi connectivity index (χ2v) is 4.74. The molecule has 0 spiro atoms. The average molecular weight is 287 g/mol. The highest BCUT2D eigenvalue weighted by Crippen LogP contribution is 2.30. The van der Waals surface area contributed by atoms with Gasteiger partial charge >= 0.3 is 0 Å². The molecule has 1 fully saturated rings. The van der Waals surface area contributed by atoms with E-state index in [1.807, 2.05) is 0 Å². The van der Waals surface area contributed by atoms with Crippen LogP contribution in [0, 0.1) is 11.7 Å². The molecule has 3 nitrogen and oxygen atoms in total. The Kier molecular flexibility index (Phi) is 3.25. The third-order valence-electron chi connectivity index (χ3n) is 2.76. The quantitative estimate of drug-likeness (QED) is 0.903. The molecule has 86 valence electrons. The van der Waals surface area contributed by atoms with Gasteiger partial charge in [0.1, 0.15) is 0 Å². The molecule has 1 atom stereocenters. The fourth-order valence-corrected chi connectivity index (χ4v) is 2.23. The van der Waals surface area contributed by atoms with Gasteiger partial charge in [0.2, 0.25) is 5.91 Å². The Hall–Kier alpha value is -0.940. The van der Waals surface area contributed by atoms with Crippen LogP contribution in [0.25, 0.3) is 0 Å². The van der Waals surface area contributed by atoms with Crippen molar-refractivity contribution >= 4 is 27.5 Å². The van der Waals surface area contributed by atoms with Crippen LogP contribution >= 0.6 is 15.9 Å². The van der Waals surface area contributed by atoms with Crippen molar-refractivity contribution < 1.29 is 9.18 Å². The minimum Gasteiger partial charge on any atom is -0.330 e. The van der Waals surface area contributed by atoms with Crippen molar-refractivity contribution in [3.05, 3.63) is 28.5 Å². The first-order valence-corrected chi connectivity index (χ1v) is 5.87. The summed E-state index contributed by atoms with van der Waals surface area (Å²) in [5, 5.41) is 0. The van der Waals surface area contributed by atoms with Gasteiger partial charge in [0.15, 0.2) is 5.82 Å². The first-order chi connectivity index (χ1) is 7.63. The molecule has 5 heteroatoms. The van der Waals surface area contributed by atoms with Gasteiger partial charge in [-0.25, -0.2) is 4.39 Å². The molecule has 1 unspecified atom stereocenters. The van der Waals surface area contributed by atoms with Crippen molar-refractivity contribution in [2.45, 2.75) is 6.42 Å². The summed E-state index contributed by atoms with van der Waals surface area (Å²) in [7, 11) is 0. The third kappa shape index (κ3) is 1.97. The molecule has 1 amide bonds. The number of amides is 1. The van der Waals surface area contributed by atoms with Crippen LogP contribution in [0.5, 0.6) is 0 Å². The number of hydrogen-bond acceptors (Lipinski definition) is 2. The molecule has 0 bridgehead atoms. The van der Waals surface area contributed by atoms with E-state index in [4.69, 9.17) is 5.73 Å². The van der Waals surface area contributed by atoms with Gasteiger partial charge in [0.05, 0.1) is 10.2 Å². The lowest BCUT2D eigenvalue weighted by atomic mass is 10.1. The predicted octanol–water partition coefficient (Wildman–Crippen LogP) is 1.90. The molecule has 1 aliphatic rings. The molecule has 16 heavy (non-hydrogen) atoms. The zero-order valence-electron chi connectivity index (χ0n) is 8.62. The molecule has 2 N–H and O–H groups in total. The molecule has 0 aliphatic carbocycles. The van der Waals surface area contributed by atoms with Crippen molar-refractivity contribution in [2.24, 2.45) is 11.7 Å². The molecule has 1 aliphatic heterocycles. The summed E-state index contributed by atoms with van der Waals surface area (Å²) in [4.78, 5) is 13.2. The van der Waals surface area contributed by atoms with Gasteiger partial charge in [0.25, 0.3) is 0 Å². The summed E-state index contributed by atoms with van der Waals surface area (Å²) in [6.45, 7) is 0.959. The van der Waals surface area contributed by atoms with Gasteiger partial charge in [-0.05, 0) is 40.5 Å². The van der Waals surface area contributed by atoms with E-state index < -0.39 is 5.82 Å². The summed E-state index contributed by atoms with van der Waals surface area (Å²) in [5.41, 5.74) is 5.85.